The first kappa shape index (κ1) is 16.9. The normalized spacial score (nSPS) is 10.3. The summed E-state index contributed by atoms with van der Waals surface area (Å²) in [6, 6.07) is 10.7. The van der Waals surface area contributed by atoms with E-state index in [1.165, 1.54) is 36.6 Å². The minimum absolute atomic E-state index is 0.254. The number of anilines is 1. The second kappa shape index (κ2) is 7.76. The van der Waals surface area contributed by atoms with Crippen LogP contribution in [0.15, 0.2) is 53.4 Å². The number of methoxy groups -OCH3 is 1. The van der Waals surface area contributed by atoms with Crippen molar-refractivity contribution >= 4 is 22.9 Å². The van der Waals surface area contributed by atoms with Crippen LogP contribution in [0.4, 0.5) is 10.1 Å². The lowest BCUT2D eigenvalue weighted by molar-refractivity contribution is 0.102. The van der Waals surface area contributed by atoms with Crippen LogP contribution in [0.5, 0.6) is 11.5 Å². The lowest BCUT2D eigenvalue weighted by Crippen LogP contribution is -2.13. The maximum Gasteiger partial charge on any atom is 0.255 e. The predicted octanol–water partition coefficient (Wildman–Crippen LogP) is 4.12. The molecule has 0 radical (unpaired) electrons. The highest BCUT2D eigenvalue weighted by Gasteiger charge is 2.11. The number of ether oxygens (including phenoxy) is 2. The van der Waals surface area contributed by atoms with Crippen molar-refractivity contribution in [2.45, 2.75) is 6.61 Å². The van der Waals surface area contributed by atoms with E-state index >= 15 is 0 Å². The highest BCUT2D eigenvalue weighted by molar-refractivity contribution is 7.07. The van der Waals surface area contributed by atoms with Crippen molar-refractivity contribution < 1.29 is 18.7 Å². The fourth-order valence-electron chi connectivity index (χ4n) is 2.16. The summed E-state index contributed by atoms with van der Waals surface area (Å²) in [5, 5.41) is 4.61. The van der Waals surface area contributed by atoms with Gasteiger partial charge in [0.15, 0.2) is 0 Å². The van der Waals surface area contributed by atoms with Gasteiger partial charge in [0.25, 0.3) is 5.91 Å². The van der Waals surface area contributed by atoms with E-state index in [2.05, 4.69) is 10.3 Å². The maximum atomic E-state index is 13.2. The molecule has 0 saturated heterocycles. The second-order valence-corrected chi connectivity index (χ2v) is 5.81. The molecule has 0 aliphatic rings. The molecule has 0 bridgehead atoms. The molecule has 3 rings (SSSR count). The minimum Gasteiger partial charge on any atom is -0.494 e. The Morgan fingerprint density at radius 3 is 2.92 bits per heavy atom. The van der Waals surface area contributed by atoms with E-state index in [0.717, 1.165) is 5.69 Å². The minimum atomic E-state index is -0.438. The molecule has 2 aromatic carbocycles. The number of amides is 1. The maximum absolute atomic E-state index is 13.2. The summed E-state index contributed by atoms with van der Waals surface area (Å²) in [5.74, 6) is 0.0345. The molecule has 0 atom stereocenters. The molecule has 128 valence electrons. The van der Waals surface area contributed by atoms with Crippen molar-refractivity contribution in [1.82, 2.24) is 4.98 Å². The third kappa shape index (κ3) is 4.33. The van der Waals surface area contributed by atoms with Crippen LogP contribution in [0.2, 0.25) is 0 Å². The molecule has 0 aliphatic heterocycles. The van der Waals surface area contributed by atoms with E-state index in [0.29, 0.717) is 23.6 Å². The zero-order valence-electron chi connectivity index (χ0n) is 13.4. The Hall–Kier alpha value is -2.93. The van der Waals surface area contributed by atoms with Gasteiger partial charge in [-0.3, -0.25) is 4.79 Å². The third-order valence-corrected chi connectivity index (χ3v) is 4.01. The van der Waals surface area contributed by atoms with Gasteiger partial charge in [0.1, 0.15) is 23.9 Å². The summed E-state index contributed by atoms with van der Waals surface area (Å²) in [4.78, 5) is 16.6. The lowest BCUT2D eigenvalue weighted by atomic mass is 10.2. The van der Waals surface area contributed by atoms with E-state index < -0.39 is 5.82 Å². The SMILES string of the molecule is COc1cc(F)ccc1NC(=O)c1cccc(OCc2cscn2)c1. The second-order valence-electron chi connectivity index (χ2n) is 5.10. The van der Waals surface area contributed by atoms with Gasteiger partial charge in [-0.15, -0.1) is 11.3 Å². The van der Waals surface area contributed by atoms with Crippen molar-refractivity contribution in [3.8, 4) is 11.5 Å². The van der Waals surface area contributed by atoms with Crippen molar-refractivity contribution in [1.29, 1.82) is 0 Å². The molecule has 1 N–H and O–H groups in total. The Labute approximate surface area is 148 Å². The van der Waals surface area contributed by atoms with Crippen LogP contribution in [-0.4, -0.2) is 18.0 Å². The largest absolute Gasteiger partial charge is 0.494 e. The number of hydrogen-bond acceptors (Lipinski definition) is 5. The molecule has 0 aliphatic carbocycles. The molecular formula is C18H15FN2O3S. The zero-order chi connectivity index (χ0) is 17.6. The van der Waals surface area contributed by atoms with E-state index in [4.69, 9.17) is 9.47 Å². The van der Waals surface area contributed by atoms with Crippen LogP contribution in [0, 0.1) is 5.82 Å². The molecule has 0 saturated carbocycles. The van der Waals surface area contributed by atoms with Gasteiger partial charge in [-0.05, 0) is 30.3 Å². The lowest BCUT2D eigenvalue weighted by Gasteiger charge is -2.11. The third-order valence-electron chi connectivity index (χ3n) is 3.38. The van der Waals surface area contributed by atoms with Gasteiger partial charge in [-0.2, -0.15) is 0 Å². The molecular weight excluding hydrogens is 343 g/mol. The van der Waals surface area contributed by atoms with Crippen LogP contribution in [0.1, 0.15) is 16.1 Å². The van der Waals surface area contributed by atoms with Gasteiger partial charge in [-0.1, -0.05) is 6.07 Å². The Morgan fingerprint density at radius 2 is 2.16 bits per heavy atom. The van der Waals surface area contributed by atoms with Crippen molar-refractivity contribution in [3.63, 3.8) is 0 Å². The summed E-state index contributed by atoms with van der Waals surface area (Å²) in [5.41, 5.74) is 3.37. The molecule has 1 heterocycles. The van der Waals surface area contributed by atoms with Crippen LogP contribution in [0.3, 0.4) is 0 Å². The quantitative estimate of drug-likeness (QED) is 0.720. The van der Waals surface area contributed by atoms with Gasteiger partial charge in [0.05, 0.1) is 24.0 Å². The Balaban J connectivity index is 1.71. The molecule has 0 fully saturated rings. The standard InChI is InChI=1S/C18H15FN2O3S/c1-23-17-8-13(19)5-6-16(17)21-18(22)12-3-2-4-15(7-12)24-9-14-10-25-11-20-14/h2-8,10-11H,9H2,1H3,(H,21,22). The highest BCUT2D eigenvalue weighted by Crippen LogP contribution is 2.26. The van der Waals surface area contributed by atoms with Crippen molar-refractivity contribution in [2.24, 2.45) is 0 Å². The number of nitrogens with zero attached hydrogens (tertiary/aromatic N) is 1. The van der Waals surface area contributed by atoms with E-state index in [1.54, 1.807) is 29.8 Å². The molecule has 1 amide bonds. The average Bonchev–Trinajstić information content (AvgIpc) is 3.15. The summed E-state index contributed by atoms with van der Waals surface area (Å²) < 4.78 is 24.0. The fraction of sp³-hybridized carbons (Fsp3) is 0.111. The van der Waals surface area contributed by atoms with Gasteiger partial charge < -0.3 is 14.8 Å². The number of thiazole rings is 1. The predicted molar refractivity (Wildman–Crippen MR) is 93.8 cm³/mol. The number of rotatable bonds is 6. The van der Waals surface area contributed by atoms with Crippen LogP contribution >= 0.6 is 11.3 Å². The molecule has 5 nitrogen and oxygen atoms in total. The monoisotopic (exact) mass is 358 g/mol. The Morgan fingerprint density at radius 1 is 1.28 bits per heavy atom. The Kier molecular flexibility index (Phi) is 5.25. The van der Waals surface area contributed by atoms with Gasteiger partial charge in [0.2, 0.25) is 0 Å². The van der Waals surface area contributed by atoms with Gasteiger partial charge in [0, 0.05) is 17.0 Å². The van der Waals surface area contributed by atoms with Crippen molar-refractivity contribution in [3.05, 3.63) is 70.4 Å². The number of benzene rings is 2. The molecule has 0 unspecified atom stereocenters. The van der Waals surface area contributed by atoms with E-state index in [1.807, 2.05) is 5.38 Å². The number of halogens is 1. The van der Waals surface area contributed by atoms with Gasteiger partial charge >= 0.3 is 0 Å². The molecule has 25 heavy (non-hydrogen) atoms. The topological polar surface area (TPSA) is 60.5 Å². The summed E-state index contributed by atoms with van der Waals surface area (Å²) >= 11 is 1.49. The van der Waals surface area contributed by atoms with Crippen LogP contribution in [-0.2, 0) is 6.61 Å². The first-order valence-electron chi connectivity index (χ1n) is 7.40. The fourth-order valence-corrected chi connectivity index (χ4v) is 2.70. The summed E-state index contributed by atoms with van der Waals surface area (Å²) in [6.45, 7) is 0.334. The highest BCUT2D eigenvalue weighted by atomic mass is 32.1. The molecule has 7 heteroatoms. The van der Waals surface area contributed by atoms with Crippen molar-refractivity contribution in [2.75, 3.05) is 12.4 Å². The number of carbonyl (C=O) groups excluding carboxylic acids is 1. The van der Waals surface area contributed by atoms with E-state index in [9.17, 15) is 9.18 Å². The van der Waals surface area contributed by atoms with E-state index in [-0.39, 0.29) is 11.7 Å². The smallest absolute Gasteiger partial charge is 0.255 e. The average molecular weight is 358 g/mol. The molecule has 1 aromatic heterocycles. The van der Waals surface area contributed by atoms with Crippen LogP contribution in [0.25, 0.3) is 0 Å². The number of aromatic nitrogens is 1. The summed E-state index contributed by atoms with van der Waals surface area (Å²) in [7, 11) is 1.41. The molecule has 0 spiro atoms. The number of nitrogens with one attached hydrogen (secondary N) is 1. The first-order chi connectivity index (χ1) is 12.2. The zero-order valence-corrected chi connectivity index (χ0v) is 14.2. The van der Waals surface area contributed by atoms with Crippen LogP contribution < -0.4 is 14.8 Å². The first-order valence-corrected chi connectivity index (χ1v) is 8.35. The summed E-state index contributed by atoms with van der Waals surface area (Å²) in [6.07, 6.45) is 0. The molecule has 3 aromatic rings. The number of carbonyl (C=O) groups is 1. The Bertz CT molecular complexity index is 869. The van der Waals surface area contributed by atoms with Gasteiger partial charge in [-0.25, -0.2) is 9.37 Å². The number of hydrogen-bond donors (Lipinski definition) is 1.